The van der Waals surface area contributed by atoms with Crippen LogP contribution in [-0.2, 0) is 4.79 Å². The molecule has 29 heavy (non-hydrogen) atoms. The summed E-state index contributed by atoms with van der Waals surface area (Å²) in [4.78, 5) is 15.3. The van der Waals surface area contributed by atoms with E-state index in [-0.39, 0.29) is 11.2 Å². The van der Waals surface area contributed by atoms with Crippen LogP contribution in [0.2, 0.25) is 0 Å². The molecule has 1 saturated heterocycles. The quantitative estimate of drug-likeness (QED) is 0.595. The first-order chi connectivity index (χ1) is 14.1. The monoisotopic (exact) mass is 407 g/mol. The third-order valence-corrected chi connectivity index (χ3v) is 6.25. The van der Waals surface area contributed by atoms with E-state index in [1.807, 2.05) is 67.3 Å². The number of likely N-dealkylation sites (tertiary alicyclic amines) is 1. The fourth-order valence-electron chi connectivity index (χ4n) is 3.64. The molecule has 7 heteroatoms. The fourth-order valence-corrected chi connectivity index (χ4v) is 4.66. The van der Waals surface area contributed by atoms with Crippen molar-refractivity contribution in [3.63, 3.8) is 0 Å². The molecule has 0 N–H and O–H groups in total. The molecule has 4 rings (SSSR count). The highest BCUT2D eigenvalue weighted by molar-refractivity contribution is 8.00. The second-order valence-electron chi connectivity index (χ2n) is 7.36. The number of piperidine rings is 1. The molecule has 2 aromatic heterocycles. The van der Waals surface area contributed by atoms with Gasteiger partial charge in [-0.3, -0.25) is 4.79 Å². The van der Waals surface area contributed by atoms with Gasteiger partial charge in [0.1, 0.15) is 10.3 Å². The van der Waals surface area contributed by atoms with Crippen LogP contribution in [0.25, 0.3) is 5.82 Å². The minimum atomic E-state index is -0.317. The largest absolute Gasteiger partial charge is 0.341 e. The Morgan fingerprint density at radius 1 is 1.00 bits per heavy atom. The molecule has 1 amide bonds. The van der Waals surface area contributed by atoms with Crippen LogP contribution in [0.15, 0.2) is 53.6 Å². The molecule has 150 valence electrons. The smallest absolute Gasteiger partial charge is 0.240 e. The third kappa shape index (κ3) is 4.50. The van der Waals surface area contributed by atoms with Crippen molar-refractivity contribution < 1.29 is 4.79 Å². The molecule has 1 atom stereocenters. The van der Waals surface area contributed by atoms with Crippen molar-refractivity contribution in [3.8, 4) is 5.82 Å². The summed E-state index contributed by atoms with van der Waals surface area (Å²) in [6, 6.07) is 15.8. The number of hydrogen-bond acceptors (Lipinski definition) is 5. The lowest BCUT2D eigenvalue weighted by Crippen LogP contribution is -2.38. The minimum absolute atomic E-state index is 0.158. The predicted molar refractivity (Wildman–Crippen MR) is 114 cm³/mol. The average molecular weight is 408 g/mol. The Balaban J connectivity index is 1.57. The topological polar surface area (TPSA) is 63.9 Å². The summed E-state index contributed by atoms with van der Waals surface area (Å²) in [5.41, 5.74) is 2.95. The first-order valence-corrected chi connectivity index (χ1v) is 10.9. The van der Waals surface area contributed by atoms with Gasteiger partial charge in [0.15, 0.2) is 5.82 Å². The zero-order valence-electron chi connectivity index (χ0n) is 16.8. The van der Waals surface area contributed by atoms with E-state index in [9.17, 15) is 4.79 Å². The first-order valence-electron chi connectivity index (χ1n) is 9.99. The standard InChI is InChI=1S/C22H25N5OS/c1-16-15-17(2)27(25-16)19-11-12-20(24-23-19)29-21(18-9-5-3-6-10-18)22(28)26-13-7-4-8-14-26/h3,5-6,9-12,15,21H,4,7-8,13-14H2,1-2H3. The van der Waals surface area contributed by atoms with E-state index < -0.39 is 0 Å². The van der Waals surface area contributed by atoms with Gasteiger partial charge in [0.25, 0.3) is 0 Å². The van der Waals surface area contributed by atoms with E-state index in [2.05, 4.69) is 15.3 Å². The number of hydrogen-bond donors (Lipinski definition) is 0. The van der Waals surface area contributed by atoms with Gasteiger partial charge in [0.2, 0.25) is 5.91 Å². The summed E-state index contributed by atoms with van der Waals surface area (Å²) >= 11 is 1.46. The van der Waals surface area contributed by atoms with Crippen molar-refractivity contribution in [3.05, 3.63) is 65.5 Å². The highest BCUT2D eigenvalue weighted by atomic mass is 32.2. The van der Waals surface area contributed by atoms with Crippen molar-refractivity contribution in [1.29, 1.82) is 0 Å². The predicted octanol–water partition coefficient (Wildman–Crippen LogP) is 4.13. The van der Waals surface area contributed by atoms with Gasteiger partial charge in [0.05, 0.1) is 5.69 Å². The normalized spacial score (nSPS) is 15.3. The van der Waals surface area contributed by atoms with Crippen molar-refractivity contribution in [1.82, 2.24) is 24.9 Å². The van der Waals surface area contributed by atoms with Crippen LogP contribution in [0.5, 0.6) is 0 Å². The molecule has 0 saturated carbocycles. The molecule has 1 aliphatic rings. The zero-order chi connectivity index (χ0) is 20.2. The fraction of sp³-hybridized carbons (Fsp3) is 0.364. The van der Waals surface area contributed by atoms with Crippen molar-refractivity contribution in [2.45, 2.75) is 43.4 Å². The number of rotatable bonds is 5. The number of carbonyl (C=O) groups excluding carboxylic acids is 1. The van der Waals surface area contributed by atoms with Crippen LogP contribution in [0.4, 0.5) is 0 Å². The van der Waals surface area contributed by atoms with Gasteiger partial charge < -0.3 is 4.90 Å². The molecule has 0 spiro atoms. The van der Waals surface area contributed by atoms with Crippen molar-refractivity contribution >= 4 is 17.7 Å². The second-order valence-corrected chi connectivity index (χ2v) is 8.49. The molecule has 0 aliphatic carbocycles. The molecule has 0 radical (unpaired) electrons. The van der Waals surface area contributed by atoms with E-state index >= 15 is 0 Å². The zero-order valence-corrected chi connectivity index (χ0v) is 17.6. The summed E-state index contributed by atoms with van der Waals surface area (Å²) < 4.78 is 1.78. The van der Waals surface area contributed by atoms with Gasteiger partial charge in [0, 0.05) is 18.8 Å². The molecule has 1 aliphatic heterocycles. The Morgan fingerprint density at radius 3 is 2.38 bits per heavy atom. The average Bonchev–Trinajstić information content (AvgIpc) is 3.11. The molecule has 6 nitrogen and oxygen atoms in total. The highest BCUT2D eigenvalue weighted by Gasteiger charge is 2.28. The molecule has 3 aromatic rings. The Kier molecular flexibility index (Phi) is 5.94. The number of benzene rings is 1. The van der Waals surface area contributed by atoms with Crippen LogP contribution in [0.3, 0.4) is 0 Å². The minimum Gasteiger partial charge on any atom is -0.341 e. The molecule has 3 heterocycles. The third-order valence-electron chi connectivity index (χ3n) is 5.09. The van der Waals surface area contributed by atoms with E-state index in [4.69, 9.17) is 0 Å². The number of nitrogens with zero attached hydrogens (tertiary/aromatic N) is 5. The van der Waals surface area contributed by atoms with E-state index in [1.165, 1.54) is 18.2 Å². The molecular weight excluding hydrogens is 382 g/mol. The van der Waals surface area contributed by atoms with Gasteiger partial charge in [-0.25, -0.2) is 4.68 Å². The summed E-state index contributed by atoms with van der Waals surface area (Å²) in [6.07, 6.45) is 3.36. The Labute approximate surface area is 175 Å². The van der Waals surface area contributed by atoms with Crippen molar-refractivity contribution in [2.75, 3.05) is 13.1 Å². The first kappa shape index (κ1) is 19.6. The maximum absolute atomic E-state index is 13.3. The summed E-state index contributed by atoms with van der Waals surface area (Å²) in [5, 5.41) is 13.6. The van der Waals surface area contributed by atoms with Gasteiger partial charge in [-0.1, -0.05) is 42.1 Å². The molecule has 1 aromatic carbocycles. The van der Waals surface area contributed by atoms with Crippen LogP contribution in [0.1, 0.15) is 41.5 Å². The molecule has 1 fully saturated rings. The van der Waals surface area contributed by atoms with Crippen LogP contribution in [-0.4, -0.2) is 43.9 Å². The Morgan fingerprint density at radius 2 is 1.76 bits per heavy atom. The molecule has 1 unspecified atom stereocenters. The van der Waals surface area contributed by atoms with Crippen LogP contribution in [0, 0.1) is 13.8 Å². The number of aryl methyl sites for hydroxylation is 2. The second kappa shape index (κ2) is 8.78. The molecular formula is C22H25N5OS. The number of thioether (sulfide) groups is 1. The summed E-state index contributed by atoms with van der Waals surface area (Å²) in [6.45, 7) is 5.63. The van der Waals surface area contributed by atoms with Gasteiger partial charge >= 0.3 is 0 Å². The van der Waals surface area contributed by atoms with E-state index in [0.29, 0.717) is 5.82 Å². The van der Waals surface area contributed by atoms with Crippen LogP contribution < -0.4 is 0 Å². The van der Waals surface area contributed by atoms with Crippen molar-refractivity contribution in [2.24, 2.45) is 0 Å². The lowest BCUT2D eigenvalue weighted by Gasteiger charge is -2.30. The van der Waals surface area contributed by atoms with Gasteiger partial charge in [-0.2, -0.15) is 5.10 Å². The van der Waals surface area contributed by atoms with Gasteiger partial charge in [-0.15, -0.1) is 10.2 Å². The number of amides is 1. The van der Waals surface area contributed by atoms with Gasteiger partial charge in [-0.05, 0) is 56.9 Å². The maximum Gasteiger partial charge on any atom is 0.240 e. The van der Waals surface area contributed by atoms with E-state index in [1.54, 1.807) is 4.68 Å². The maximum atomic E-state index is 13.3. The number of carbonyl (C=O) groups is 1. The summed E-state index contributed by atoms with van der Waals surface area (Å²) in [5.74, 6) is 0.837. The van der Waals surface area contributed by atoms with E-state index in [0.717, 1.165) is 47.9 Å². The summed E-state index contributed by atoms with van der Waals surface area (Å²) in [7, 11) is 0. The highest BCUT2D eigenvalue weighted by Crippen LogP contribution is 2.36. The Hall–Kier alpha value is -2.67. The SMILES string of the molecule is Cc1cc(C)n(-c2ccc(SC(C(=O)N3CCCCC3)c3ccccc3)nn2)n1. The van der Waals surface area contributed by atoms with Crippen LogP contribution >= 0.6 is 11.8 Å². The number of aromatic nitrogens is 4. The lowest BCUT2D eigenvalue weighted by molar-refractivity contribution is -0.131. The Bertz CT molecular complexity index is 965. The lowest BCUT2D eigenvalue weighted by atomic mass is 10.1. The molecule has 0 bridgehead atoms.